The molecular formula is C16H22O3. The second-order valence-electron chi connectivity index (χ2n) is 5.30. The van der Waals surface area contributed by atoms with Gasteiger partial charge in [0.1, 0.15) is 12.2 Å². The molecule has 1 heterocycles. The molecule has 3 atom stereocenters. The van der Waals surface area contributed by atoms with E-state index >= 15 is 0 Å². The standard InChI is InChI=1S/C16H22O3/c1-5-14(15-12(2)18-16(3,4)19-15)17-11-13-9-7-6-8-10-13/h5-10,12,14-15H,1,11H2,2-4H3/t12-,14-,15+/m0/s1. The molecule has 104 valence electrons. The Hall–Kier alpha value is -1.16. The van der Waals surface area contributed by atoms with E-state index in [-0.39, 0.29) is 18.3 Å². The zero-order valence-electron chi connectivity index (χ0n) is 11.8. The second kappa shape index (κ2) is 5.87. The van der Waals surface area contributed by atoms with Crippen molar-refractivity contribution in [3.8, 4) is 0 Å². The van der Waals surface area contributed by atoms with Crippen molar-refractivity contribution in [2.24, 2.45) is 0 Å². The van der Waals surface area contributed by atoms with Crippen LogP contribution in [0.2, 0.25) is 0 Å². The number of benzene rings is 1. The predicted octanol–water partition coefficient (Wildman–Crippen LogP) is 3.30. The molecule has 0 unspecified atom stereocenters. The normalized spacial score (nSPS) is 27.1. The summed E-state index contributed by atoms with van der Waals surface area (Å²) in [7, 11) is 0. The maximum atomic E-state index is 5.90. The summed E-state index contributed by atoms with van der Waals surface area (Å²) < 4.78 is 17.5. The van der Waals surface area contributed by atoms with Crippen LogP contribution < -0.4 is 0 Å². The molecule has 2 rings (SSSR count). The lowest BCUT2D eigenvalue weighted by Crippen LogP contribution is -2.34. The monoisotopic (exact) mass is 262 g/mol. The van der Waals surface area contributed by atoms with E-state index in [2.05, 4.69) is 6.58 Å². The molecular weight excluding hydrogens is 240 g/mol. The molecule has 0 spiro atoms. The van der Waals surface area contributed by atoms with Crippen molar-refractivity contribution in [1.29, 1.82) is 0 Å². The molecule has 1 fully saturated rings. The smallest absolute Gasteiger partial charge is 0.163 e. The van der Waals surface area contributed by atoms with E-state index in [1.54, 1.807) is 6.08 Å². The summed E-state index contributed by atoms with van der Waals surface area (Å²) in [5.74, 6) is -0.554. The van der Waals surface area contributed by atoms with Crippen LogP contribution in [0.5, 0.6) is 0 Å². The Kier molecular flexibility index (Phi) is 4.40. The number of ether oxygens (including phenoxy) is 3. The summed E-state index contributed by atoms with van der Waals surface area (Å²) in [6.07, 6.45) is 1.50. The quantitative estimate of drug-likeness (QED) is 0.762. The number of hydrogen-bond donors (Lipinski definition) is 0. The van der Waals surface area contributed by atoms with Gasteiger partial charge in [-0.05, 0) is 26.3 Å². The minimum Gasteiger partial charge on any atom is -0.367 e. The van der Waals surface area contributed by atoms with E-state index in [0.29, 0.717) is 6.61 Å². The number of hydrogen-bond acceptors (Lipinski definition) is 3. The lowest BCUT2D eigenvalue weighted by Gasteiger charge is -2.23. The molecule has 1 aliphatic rings. The van der Waals surface area contributed by atoms with Crippen LogP contribution in [-0.4, -0.2) is 24.1 Å². The molecule has 0 saturated carbocycles. The molecule has 0 radical (unpaired) electrons. The summed E-state index contributed by atoms with van der Waals surface area (Å²) in [6, 6.07) is 10.1. The van der Waals surface area contributed by atoms with Crippen molar-refractivity contribution in [1.82, 2.24) is 0 Å². The van der Waals surface area contributed by atoms with Crippen molar-refractivity contribution in [3.63, 3.8) is 0 Å². The van der Waals surface area contributed by atoms with Crippen LogP contribution in [0.3, 0.4) is 0 Å². The first-order chi connectivity index (χ1) is 9.02. The maximum absolute atomic E-state index is 5.90. The maximum Gasteiger partial charge on any atom is 0.163 e. The van der Waals surface area contributed by atoms with E-state index in [1.165, 1.54) is 0 Å². The third-order valence-electron chi connectivity index (χ3n) is 3.19. The van der Waals surface area contributed by atoms with Gasteiger partial charge in [-0.3, -0.25) is 0 Å². The van der Waals surface area contributed by atoms with Crippen LogP contribution in [0.25, 0.3) is 0 Å². The Morgan fingerprint density at radius 2 is 2.00 bits per heavy atom. The highest BCUT2D eigenvalue weighted by molar-refractivity contribution is 5.13. The summed E-state index contributed by atoms with van der Waals surface area (Å²) in [5, 5.41) is 0. The largest absolute Gasteiger partial charge is 0.367 e. The van der Waals surface area contributed by atoms with Gasteiger partial charge in [0.2, 0.25) is 0 Å². The third-order valence-corrected chi connectivity index (χ3v) is 3.19. The molecule has 3 nitrogen and oxygen atoms in total. The van der Waals surface area contributed by atoms with Crippen LogP contribution in [0.15, 0.2) is 43.0 Å². The first-order valence-corrected chi connectivity index (χ1v) is 6.65. The van der Waals surface area contributed by atoms with Crippen molar-refractivity contribution < 1.29 is 14.2 Å². The molecule has 0 amide bonds. The molecule has 3 heteroatoms. The molecule has 1 aliphatic heterocycles. The van der Waals surface area contributed by atoms with Gasteiger partial charge >= 0.3 is 0 Å². The van der Waals surface area contributed by atoms with E-state index in [1.807, 2.05) is 51.1 Å². The van der Waals surface area contributed by atoms with Gasteiger partial charge in [-0.25, -0.2) is 0 Å². The molecule has 1 aromatic carbocycles. The summed E-state index contributed by atoms with van der Waals surface area (Å²) in [6.45, 7) is 10.2. The van der Waals surface area contributed by atoms with Gasteiger partial charge in [-0.2, -0.15) is 0 Å². The Morgan fingerprint density at radius 3 is 2.53 bits per heavy atom. The van der Waals surface area contributed by atoms with Crippen molar-refractivity contribution >= 4 is 0 Å². The second-order valence-corrected chi connectivity index (χ2v) is 5.30. The molecule has 1 aromatic rings. The summed E-state index contributed by atoms with van der Waals surface area (Å²) >= 11 is 0. The van der Waals surface area contributed by atoms with Gasteiger partial charge in [0.15, 0.2) is 5.79 Å². The van der Waals surface area contributed by atoms with Gasteiger partial charge in [-0.1, -0.05) is 36.4 Å². The molecule has 1 saturated heterocycles. The fraction of sp³-hybridized carbons (Fsp3) is 0.500. The zero-order valence-corrected chi connectivity index (χ0v) is 11.8. The minimum absolute atomic E-state index is 0.00577. The first-order valence-electron chi connectivity index (χ1n) is 6.65. The van der Waals surface area contributed by atoms with Gasteiger partial charge in [0.05, 0.1) is 12.7 Å². The summed E-state index contributed by atoms with van der Waals surface area (Å²) in [5.41, 5.74) is 1.14. The van der Waals surface area contributed by atoms with Crippen LogP contribution in [0.1, 0.15) is 26.3 Å². The topological polar surface area (TPSA) is 27.7 Å². The van der Waals surface area contributed by atoms with E-state index < -0.39 is 5.79 Å². The van der Waals surface area contributed by atoms with Gasteiger partial charge < -0.3 is 14.2 Å². The Balaban J connectivity index is 1.95. The van der Waals surface area contributed by atoms with E-state index in [4.69, 9.17) is 14.2 Å². The highest BCUT2D eigenvalue weighted by atomic mass is 16.8. The highest BCUT2D eigenvalue weighted by Crippen LogP contribution is 2.31. The molecule has 19 heavy (non-hydrogen) atoms. The third kappa shape index (κ3) is 3.66. The van der Waals surface area contributed by atoms with Crippen molar-refractivity contribution in [2.45, 2.75) is 51.5 Å². The average Bonchev–Trinajstić information content (AvgIpc) is 2.65. The Labute approximate surface area is 115 Å². The van der Waals surface area contributed by atoms with Crippen molar-refractivity contribution in [2.75, 3.05) is 0 Å². The molecule has 0 bridgehead atoms. The molecule has 0 aliphatic carbocycles. The van der Waals surface area contributed by atoms with Gasteiger partial charge in [-0.15, -0.1) is 6.58 Å². The Bertz CT molecular complexity index is 413. The predicted molar refractivity (Wildman–Crippen MR) is 74.7 cm³/mol. The number of rotatable bonds is 5. The fourth-order valence-corrected chi connectivity index (χ4v) is 2.36. The van der Waals surface area contributed by atoms with Gasteiger partial charge in [0, 0.05) is 0 Å². The lowest BCUT2D eigenvalue weighted by atomic mass is 10.1. The summed E-state index contributed by atoms with van der Waals surface area (Å²) in [4.78, 5) is 0. The van der Waals surface area contributed by atoms with E-state index in [0.717, 1.165) is 5.56 Å². The van der Waals surface area contributed by atoms with Crippen molar-refractivity contribution in [3.05, 3.63) is 48.6 Å². The minimum atomic E-state index is -0.554. The van der Waals surface area contributed by atoms with Gasteiger partial charge in [0.25, 0.3) is 0 Å². The van der Waals surface area contributed by atoms with Crippen LogP contribution in [0.4, 0.5) is 0 Å². The van der Waals surface area contributed by atoms with Crippen LogP contribution >= 0.6 is 0 Å². The Morgan fingerprint density at radius 1 is 1.32 bits per heavy atom. The SMILES string of the molecule is C=C[C@H](OCc1ccccc1)[C@@H]1OC(C)(C)O[C@H]1C. The van der Waals surface area contributed by atoms with E-state index in [9.17, 15) is 0 Å². The first kappa shape index (κ1) is 14.3. The lowest BCUT2D eigenvalue weighted by molar-refractivity contribution is -0.155. The van der Waals surface area contributed by atoms with Crippen LogP contribution in [0, 0.1) is 0 Å². The zero-order chi connectivity index (χ0) is 13.9. The fourth-order valence-electron chi connectivity index (χ4n) is 2.36. The highest BCUT2D eigenvalue weighted by Gasteiger charge is 2.42. The van der Waals surface area contributed by atoms with Crippen LogP contribution in [-0.2, 0) is 20.8 Å². The average molecular weight is 262 g/mol. The molecule has 0 aromatic heterocycles. The molecule has 0 N–H and O–H groups in total.